The van der Waals surface area contributed by atoms with Crippen molar-refractivity contribution in [3.8, 4) is 17.2 Å². The third-order valence-corrected chi connectivity index (χ3v) is 4.36. The quantitative estimate of drug-likeness (QED) is 0.266. The van der Waals surface area contributed by atoms with E-state index in [0.29, 0.717) is 21.3 Å². The second-order valence-electron chi connectivity index (χ2n) is 5.06. The number of benzene rings is 2. The first-order valence-electron chi connectivity index (χ1n) is 7.15. The van der Waals surface area contributed by atoms with E-state index in [0.717, 1.165) is 6.07 Å². The van der Waals surface area contributed by atoms with E-state index in [9.17, 15) is 23.3 Å². The molecule has 0 bridgehead atoms. The van der Waals surface area contributed by atoms with E-state index >= 15 is 0 Å². The van der Waals surface area contributed by atoms with Crippen molar-refractivity contribution in [2.75, 3.05) is 6.61 Å². The summed E-state index contributed by atoms with van der Waals surface area (Å²) in [7, 11) is 0. The van der Waals surface area contributed by atoms with E-state index in [1.54, 1.807) is 6.08 Å². The Morgan fingerprint density at radius 2 is 1.79 bits per heavy atom. The van der Waals surface area contributed by atoms with Crippen LogP contribution in [0.2, 0.25) is 10.0 Å². The smallest absolute Gasteiger partial charge is 0.416 e. The average Bonchev–Trinajstić information content (AvgIpc) is 2.56. The van der Waals surface area contributed by atoms with E-state index in [4.69, 9.17) is 32.7 Å². The fraction of sp³-hybridized carbons (Fsp3) is 0.125. The molecule has 0 aliphatic heterocycles. The largest absolute Gasteiger partial charge is 0.489 e. The van der Waals surface area contributed by atoms with E-state index < -0.39 is 28.1 Å². The number of nitro groups is 1. The van der Waals surface area contributed by atoms with Gasteiger partial charge in [0.25, 0.3) is 0 Å². The minimum atomic E-state index is -4.74. The molecule has 150 valence electrons. The average molecular weight is 566 g/mol. The predicted octanol–water partition coefficient (Wildman–Crippen LogP) is 7.72. The van der Waals surface area contributed by atoms with Gasteiger partial charge in [-0.1, -0.05) is 23.2 Å². The molecule has 0 amide bonds. The highest BCUT2D eigenvalue weighted by Gasteiger charge is 2.33. The first-order chi connectivity index (χ1) is 13.0. The van der Waals surface area contributed by atoms with Crippen molar-refractivity contribution in [1.29, 1.82) is 0 Å². The number of halogens is 7. The lowest BCUT2D eigenvalue weighted by atomic mass is 10.2. The van der Waals surface area contributed by atoms with Crippen molar-refractivity contribution < 1.29 is 27.6 Å². The van der Waals surface area contributed by atoms with Crippen LogP contribution in [0.1, 0.15) is 5.56 Å². The Morgan fingerprint density at radius 1 is 1.18 bits per heavy atom. The molecule has 5 nitrogen and oxygen atoms in total. The van der Waals surface area contributed by atoms with Crippen LogP contribution in [0.15, 0.2) is 39.8 Å². The Kier molecular flexibility index (Phi) is 7.60. The minimum Gasteiger partial charge on any atom is -0.489 e. The van der Waals surface area contributed by atoms with Gasteiger partial charge in [-0.15, -0.1) is 0 Å². The van der Waals surface area contributed by atoms with Gasteiger partial charge in [-0.2, -0.15) is 13.2 Å². The number of hydrogen-bond acceptors (Lipinski definition) is 4. The third kappa shape index (κ3) is 6.00. The molecule has 0 heterocycles. The van der Waals surface area contributed by atoms with Crippen molar-refractivity contribution in [3.05, 3.63) is 65.5 Å². The van der Waals surface area contributed by atoms with Crippen LogP contribution in [-0.2, 0) is 6.18 Å². The predicted molar refractivity (Wildman–Crippen MR) is 106 cm³/mol. The third-order valence-electron chi connectivity index (χ3n) is 3.15. The van der Waals surface area contributed by atoms with Gasteiger partial charge in [-0.3, -0.25) is 10.1 Å². The van der Waals surface area contributed by atoms with Gasteiger partial charge in [0.15, 0.2) is 5.75 Å². The number of ether oxygens (including phenoxy) is 2. The Hall–Kier alpha value is -1.49. The number of hydrogen-bond donors (Lipinski definition) is 0. The maximum absolute atomic E-state index is 12.8. The van der Waals surface area contributed by atoms with Gasteiger partial charge in [0, 0.05) is 18.2 Å². The van der Waals surface area contributed by atoms with Crippen molar-refractivity contribution in [1.82, 2.24) is 0 Å². The number of alkyl halides is 3. The lowest BCUT2D eigenvalue weighted by Crippen LogP contribution is -2.06. The van der Waals surface area contributed by atoms with Crippen LogP contribution in [0.5, 0.6) is 17.2 Å². The van der Waals surface area contributed by atoms with Crippen LogP contribution in [0, 0.1) is 10.1 Å². The molecule has 0 saturated carbocycles. The Morgan fingerprint density at radius 3 is 2.29 bits per heavy atom. The normalized spacial score (nSPS) is 11.1. The topological polar surface area (TPSA) is 61.6 Å². The van der Waals surface area contributed by atoms with E-state index in [1.807, 2.05) is 0 Å². The molecule has 0 aromatic heterocycles. The van der Waals surface area contributed by atoms with Crippen LogP contribution < -0.4 is 9.47 Å². The molecule has 0 radical (unpaired) electrons. The number of nitro benzene ring substituents is 1. The molecule has 2 aromatic rings. The van der Waals surface area contributed by atoms with E-state index in [-0.39, 0.29) is 22.4 Å². The fourth-order valence-corrected chi connectivity index (χ4v) is 2.76. The van der Waals surface area contributed by atoms with Crippen molar-refractivity contribution in [2.45, 2.75) is 6.18 Å². The summed E-state index contributed by atoms with van der Waals surface area (Å²) in [5, 5.41) is 11.1. The molecule has 0 atom stereocenters. The summed E-state index contributed by atoms with van der Waals surface area (Å²) in [6.07, 6.45) is -3.08. The van der Waals surface area contributed by atoms with Crippen LogP contribution in [0.4, 0.5) is 18.9 Å². The summed E-state index contributed by atoms with van der Waals surface area (Å²) in [6, 6.07) is 4.57. The van der Waals surface area contributed by atoms with Gasteiger partial charge in [0.2, 0.25) is 5.75 Å². The van der Waals surface area contributed by atoms with Gasteiger partial charge in [0.1, 0.15) is 12.4 Å². The first kappa shape index (κ1) is 22.8. The van der Waals surface area contributed by atoms with Crippen LogP contribution in [0.25, 0.3) is 0 Å². The zero-order chi connectivity index (χ0) is 21.1. The Labute approximate surface area is 183 Å². The zero-order valence-electron chi connectivity index (χ0n) is 13.4. The molecule has 0 aliphatic rings. The van der Waals surface area contributed by atoms with Gasteiger partial charge < -0.3 is 9.47 Å². The second-order valence-corrected chi connectivity index (χ2v) is 8.65. The molecule has 2 aromatic carbocycles. The van der Waals surface area contributed by atoms with Crippen molar-refractivity contribution in [2.24, 2.45) is 0 Å². The highest BCUT2D eigenvalue weighted by Crippen LogP contribution is 2.43. The maximum atomic E-state index is 12.8. The summed E-state index contributed by atoms with van der Waals surface area (Å²) < 4.78 is 49.8. The summed E-state index contributed by atoms with van der Waals surface area (Å²) >= 11 is 18.5. The molecular formula is C16H8Br2Cl2F3NO4. The van der Waals surface area contributed by atoms with Crippen LogP contribution in [0.3, 0.4) is 0 Å². The molecule has 0 fully saturated rings. The van der Waals surface area contributed by atoms with Crippen molar-refractivity contribution in [3.63, 3.8) is 0 Å². The monoisotopic (exact) mass is 563 g/mol. The lowest BCUT2D eigenvalue weighted by molar-refractivity contribution is -0.385. The highest BCUT2D eigenvalue weighted by atomic mass is 79.9. The first-order valence-corrected chi connectivity index (χ1v) is 9.49. The second kappa shape index (κ2) is 9.34. The maximum Gasteiger partial charge on any atom is 0.416 e. The molecule has 0 unspecified atom stereocenters. The van der Waals surface area contributed by atoms with E-state index in [1.165, 1.54) is 12.1 Å². The molecule has 0 saturated heterocycles. The molecule has 28 heavy (non-hydrogen) atoms. The molecule has 2 rings (SSSR count). The zero-order valence-corrected chi connectivity index (χ0v) is 18.1. The molecule has 0 aliphatic carbocycles. The molecule has 0 spiro atoms. The standard InChI is InChI=1S/C16H8Br2Cl2F3NO4/c17-14(18)3-4-27-9-6-10(19)15(11(20)7-9)28-13-2-1-8(16(21,22)23)5-12(13)24(25)26/h1-3,5-7H,4H2. The summed E-state index contributed by atoms with van der Waals surface area (Å²) in [6.45, 7) is 0.184. The highest BCUT2D eigenvalue weighted by molar-refractivity contribution is 9.28. The molecule has 0 N–H and O–H groups in total. The van der Waals surface area contributed by atoms with Crippen LogP contribution >= 0.6 is 55.1 Å². The summed E-state index contributed by atoms with van der Waals surface area (Å²) in [5.74, 6) is -0.306. The van der Waals surface area contributed by atoms with Gasteiger partial charge in [-0.05, 0) is 50.1 Å². The fourth-order valence-electron chi connectivity index (χ4n) is 1.95. The number of rotatable bonds is 6. The SMILES string of the molecule is O=[N+]([O-])c1cc(C(F)(F)F)ccc1Oc1c(Cl)cc(OCC=C(Br)Br)cc1Cl. The summed E-state index contributed by atoms with van der Waals surface area (Å²) in [4.78, 5) is 10.2. The Balaban J connectivity index is 2.35. The van der Waals surface area contributed by atoms with Crippen molar-refractivity contribution >= 4 is 60.7 Å². The molecular weight excluding hydrogens is 558 g/mol. The summed E-state index contributed by atoms with van der Waals surface area (Å²) in [5.41, 5.74) is -2.06. The van der Waals surface area contributed by atoms with E-state index in [2.05, 4.69) is 31.9 Å². The number of nitrogens with zero attached hydrogens (tertiary/aromatic N) is 1. The van der Waals surface area contributed by atoms with Gasteiger partial charge >= 0.3 is 11.9 Å². The molecule has 12 heteroatoms. The van der Waals surface area contributed by atoms with Crippen LogP contribution in [-0.4, -0.2) is 11.5 Å². The van der Waals surface area contributed by atoms with Gasteiger partial charge in [-0.25, -0.2) is 0 Å². The van der Waals surface area contributed by atoms with Gasteiger partial charge in [0.05, 0.1) is 23.9 Å². The lowest BCUT2D eigenvalue weighted by Gasteiger charge is -2.13. The Bertz CT molecular complexity index is 912. The minimum absolute atomic E-state index is 0.0430.